The SMILES string of the molecule is O=CNc1cccc(NCO)c1. The maximum atomic E-state index is 10.1. The zero-order valence-electron chi connectivity index (χ0n) is 6.45. The highest BCUT2D eigenvalue weighted by Gasteiger charge is 1.91. The van der Waals surface area contributed by atoms with Gasteiger partial charge in [-0.25, -0.2) is 0 Å². The highest BCUT2D eigenvalue weighted by atomic mass is 16.3. The van der Waals surface area contributed by atoms with Gasteiger partial charge in [-0.1, -0.05) is 6.07 Å². The molecule has 0 aliphatic carbocycles. The first kappa shape index (κ1) is 8.55. The van der Waals surface area contributed by atoms with Crippen molar-refractivity contribution in [3.8, 4) is 0 Å². The third-order valence-electron chi connectivity index (χ3n) is 1.37. The van der Waals surface area contributed by atoms with Gasteiger partial charge in [-0.2, -0.15) is 0 Å². The topological polar surface area (TPSA) is 61.4 Å². The second-order valence-corrected chi connectivity index (χ2v) is 2.18. The molecule has 4 nitrogen and oxygen atoms in total. The van der Waals surface area contributed by atoms with Gasteiger partial charge in [-0.3, -0.25) is 4.79 Å². The summed E-state index contributed by atoms with van der Waals surface area (Å²) in [5, 5.41) is 13.7. The molecule has 12 heavy (non-hydrogen) atoms. The fourth-order valence-corrected chi connectivity index (χ4v) is 0.878. The molecule has 0 saturated heterocycles. The number of carbonyl (C=O) groups excluding carboxylic acids is 1. The van der Waals surface area contributed by atoms with E-state index in [-0.39, 0.29) is 6.73 Å². The molecule has 0 aliphatic heterocycles. The van der Waals surface area contributed by atoms with Gasteiger partial charge in [-0.15, -0.1) is 0 Å². The Hall–Kier alpha value is -1.55. The van der Waals surface area contributed by atoms with E-state index < -0.39 is 0 Å². The normalized spacial score (nSPS) is 9.08. The number of hydrogen-bond acceptors (Lipinski definition) is 3. The number of rotatable bonds is 4. The van der Waals surface area contributed by atoms with Crippen LogP contribution in [0.2, 0.25) is 0 Å². The molecule has 0 fully saturated rings. The van der Waals surface area contributed by atoms with Crippen molar-refractivity contribution < 1.29 is 9.90 Å². The van der Waals surface area contributed by atoms with Crippen LogP contribution in [0.1, 0.15) is 0 Å². The highest BCUT2D eigenvalue weighted by Crippen LogP contribution is 2.13. The van der Waals surface area contributed by atoms with E-state index in [1.54, 1.807) is 24.3 Å². The van der Waals surface area contributed by atoms with Gasteiger partial charge in [0.1, 0.15) is 6.73 Å². The summed E-state index contributed by atoms with van der Waals surface area (Å²) in [5.41, 5.74) is 1.47. The van der Waals surface area contributed by atoms with Crippen molar-refractivity contribution in [2.75, 3.05) is 17.4 Å². The Morgan fingerprint density at radius 1 is 1.42 bits per heavy atom. The Labute approximate surface area is 70.2 Å². The minimum absolute atomic E-state index is 0.120. The fourth-order valence-electron chi connectivity index (χ4n) is 0.878. The lowest BCUT2D eigenvalue weighted by Crippen LogP contribution is -2.00. The molecule has 1 amide bonds. The van der Waals surface area contributed by atoms with Gasteiger partial charge in [0.05, 0.1) is 0 Å². The minimum atomic E-state index is -0.120. The molecule has 0 spiro atoms. The molecule has 0 saturated carbocycles. The summed E-state index contributed by atoms with van der Waals surface area (Å²) < 4.78 is 0. The summed E-state index contributed by atoms with van der Waals surface area (Å²) in [4.78, 5) is 10.1. The Bertz CT molecular complexity index is 263. The van der Waals surface area contributed by atoms with Gasteiger partial charge in [0.2, 0.25) is 6.41 Å². The van der Waals surface area contributed by atoms with E-state index in [1.807, 2.05) is 0 Å². The summed E-state index contributed by atoms with van der Waals surface area (Å²) in [6, 6.07) is 7.07. The van der Waals surface area contributed by atoms with Crippen molar-refractivity contribution in [3.63, 3.8) is 0 Å². The molecule has 64 valence electrons. The first-order chi connectivity index (χ1) is 5.86. The van der Waals surface area contributed by atoms with Crippen LogP contribution in [0, 0.1) is 0 Å². The lowest BCUT2D eigenvalue weighted by atomic mass is 10.3. The summed E-state index contributed by atoms with van der Waals surface area (Å²) in [6.07, 6.45) is 0.609. The zero-order valence-corrected chi connectivity index (χ0v) is 6.45. The Morgan fingerprint density at radius 3 is 2.83 bits per heavy atom. The van der Waals surface area contributed by atoms with Crippen LogP contribution in [0.4, 0.5) is 11.4 Å². The summed E-state index contributed by atoms with van der Waals surface area (Å²) in [5.74, 6) is 0. The van der Waals surface area contributed by atoms with Gasteiger partial charge in [-0.05, 0) is 18.2 Å². The van der Waals surface area contributed by atoms with Crippen molar-refractivity contribution in [1.29, 1.82) is 0 Å². The van der Waals surface area contributed by atoms with Crippen molar-refractivity contribution in [2.24, 2.45) is 0 Å². The van der Waals surface area contributed by atoms with E-state index in [1.165, 1.54) is 0 Å². The molecule has 0 aliphatic rings. The third-order valence-corrected chi connectivity index (χ3v) is 1.37. The average Bonchev–Trinajstić information content (AvgIpc) is 2.06. The average molecular weight is 166 g/mol. The van der Waals surface area contributed by atoms with Gasteiger partial charge >= 0.3 is 0 Å². The molecule has 0 aromatic heterocycles. The smallest absolute Gasteiger partial charge is 0.211 e. The molecule has 1 rings (SSSR count). The monoisotopic (exact) mass is 166 g/mol. The number of amides is 1. The minimum Gasteiger partial charge on any atom is -0.377 e. The lowest BCUT2D eigenvalue weighted by molar-refractivity contribution is -0.105. The summed E-state index contributed by atoms with van der Waals surface area (Å²) >= 11 is 0. The first-order valence-corrected chi connectivity index (χ1v) is 3.52. The number of hydrogen-bond donors (Lipinski definition) is 3. The highest BCUT2D eigenvalue weighted by molar-refractivity contribution is 5.73. The van der Waals surface area contributed by atoms with Gasteiger partial charge in [0, 0.05) is 11.4 Å². The lowest BCUT2D eigenvalue weighted by Gasteiger charge is -2.03. The van der Waals surface area contributed by atoms with Crippen molar-refractivity contribution >= 4 is 17.8 Å². The molecule has 0 radical (unpaired) electrons. The molecule has 4 heteroatoms. The van der Waals surface area contributed by atoms with Crippen LogP contribution in [0.3, 0.4) is 0 Å². The maximum absolute atomic E-state index is 10.1. The standard InChI is InChI=1S/C8H10N2O2/c11-5-9-7-2-1-3-8(4-7)10-6-12/h1-5,10,12H,6H2,(H,9,11). The fraction of sp³-hybridized carbons (Fsp3) is 0.125. The second-order valence-electron chi connectivity index (χ2n) is 2.18. The first-order valence-electron chi connectivity index (χ1n) is 3.52. The van der Waals surface area contributed by atoms with Crippen molar-refractivity contribution in [1.82, 2.24) is 0 Å². The number of nitrogens with one attached hydrogen (secondary N) is 2. The van der Waals surface area contributed by atoms with E-state index in [4.69, 9.17) is 5.11 Å². The van der Waals surface area contributed by atoms with Gasteiger partial charge < -0.3 is 15.7 Å². The van der Waals surface area contributed by atoms with Crippen molar-refractivity contribution in [3.05, 3.63) is 24.3 Å². The molecule has 1 aromatic rings. The predicted octanol–water partition coefficient (Wildman–Crippen LogP) is 0.617. The third kappa shape index (κ3) is 2.25. The van der Waals surface area contributed by atoms with Crippen LogP contribution < -0.4 is 10.6 Å². The molecular weight excluding hydrogens is 156 g/mol. The van der Waals surface area contributed by atoms with Crippen LogP contribution in [0.15, 0.2) is 24.3 Å². The molecule has 0 heterocycles. The summed E-state index contributed by atoms with van der Waals surface area (Å²) in [7, 11) is 0. The van der Waals surface area contributed by atoms with E-state index in [0.717, 1.165) is 5.69 Å². The molecule has 0 unspecified atom stereocenters. The second kappa shape index (κ2) is 4.35. The van der Waals surface area contributed by atoms with Crippen LogP contribution in [0.25, 0.3) is 0 Å². The number of aliphatic hydroxyl groups excluding tert-OH is 1. The molecule has 0 atom stereocenters. The van der Waals surface area contributed by atoms with Crippen LogP contribution >= 0.6 is 0 Å². The molecule has 1 aromatic carbocycles. The Morgan fingerprint density at radius 2 is 2.17 bits per heavy atom. The quantitative estimate of drug-likeness (QED) is 0.454. The molecule has 3 N–H and O–H groups in total. The predicted molar refractivity (Wildman–Crippen MR) is 46.8 cm³/mol. The van der Waals surface area contributed by atoms with Crippen LogP contribution in [0.5, 0.6) is 0 Å². The van der Waals surface area contributed by atoms with E-state index in [9.17, 15) is 4.79 Å². The maximum Gasteiger partial charge on any atom is 0.211 e. The number of carbonyl (C=O) groups is 1. The Balaban J connectivity index is 2.73. The van der Waals surface area contributed by atoms with Gasteiger partial charge in [0.25, 0.3) is 0 Å². The van der Waals surface area contributed by atoms with Gasteiger partial charge in [0.15, 0.2) is 0 Å². The Kier molecular flexibility index (Phi) is 3.10. The number of benzene rings is 1. The van der Waals surface area contributed by atoms with E-state index >= 15 is 0 Å². The largest absolute Gasteiger partial charge is 0.377 e. The number of anilines is 2. The van der Waals surface area contributed by atoms with E-state index in [2.05, 4.69) is 10.6 Å². The van der Waals surface area contributed by atoms with E-state index in [0.29, 0.717) is 12.1 Å². The molecule has 0 bridgehead atoms. The summed E-state index contributed by atoms with van der Waals surface area (Å²) in [6.45, 7) is -0.120. The van der Waals surface area contributed by atoms with Crippen LogP contribution in [-0.4, -0.2) is 18.2 Å². The van der Waals surface area contributed by atoms with Crippen LogP contribution in [-0.2, 0) is 4.79 Å². The van der Waals surface area contributed by atoms with Crippen molar-refractivity contribution in [2.45, 2.75) is 0 Å². The molecular formula is C8H10N2O2. The number of aliphatic hydroxyl groups is 1. The zero-order chi connectivity index (χ0) is 8.81.